The summed E-state index contributed by atoms with van der Waals surface area (Å²) < 4.78 is 4.96. The number of nitrogens with two attached hydrogens (primary N) is 1. The van der Waals surface area contributed by atoms with Crippen molar-refractivity contribution in [2.75, 3.05) is 5.73 Å². The number of hydrogen-bond acceptors (Lipinski definition) is 3. The van der Waals surface area contributed by atoms with Gasteiger partial charge in [-0.2, -0.15) is 0 Å². The first-order chi connectivity index (χ1) is 8.25. The molecule has 0 saturated carbocycles. The van der Waals surface area contributed by atoms with Gasteiger partial charge >= 0.3 is 0 Å². The van der Waals surface area contributed by atoms with Crippen LogP contribution >= 0.6 is 0 Å². The molecule has 0 bridgehead atoms. The van der Waals surface area contributed by atoms with Crippen LogP contribution in [0.4, 0.5) is 5.69 Å². The van der Waals surface area contributed by atoms with Gasteiger partial charge in [-0.1, -0.05) is 28.9 Å². The zero-order valence-corrected chi connectivity index (χ0v) is 9.94. The molecule has 88 valence electrons. The Labute approximate surface area is 101 Å². The molecule has 3 rings (SSSR count). The highest BCUT2D eigenvalue weighted by Gasteiger charge is 2.25. The normalized spacial score (nSPS) is 19.0. The summed E-state index contributed by atoms with van der Waals surface area (Å²) >= 11 is 0. The molecule has 17 heavy (non-hydrogen) atoms. The lowest BCUT2D eigenvalue weighted by Crippen LogP contribution is -2.12. The third kappa shape index (κ3) is 1.71. The molecule has 2 aromatic rings. The Hall–Kier alpha value is -1.77. The number of aryl methyl sites for hydroxylation is 2. The van der Waals surface area contributed by atoms with Gasteiger partial charge in [0.05, 0.1) is 5.69 Å². The highest BCUT2D eigenvalue weighted by atomic mass is 16.5. The third-order valence-corrected chi connectivity index (χ3v) is 3.57. The van der Waals surface area contributed by atoms with Crippen molar-refractivity contribution in [1.82, 2.24) is 5.16 Å². The summed E-state index contributed by atoms with van der Waals surface area (Å²) in [5.41, 5.74) is 11.6. The lowest BCUT2D eigenvalue weighted by atomic mass is 9.80. The van der Waals surface area contributed by atoms with Gasteiger partial charge in [0.2, 0.25) is 0 Å². The minimum absolute atomic E-state index is 0.304. The lowest BCUT2D eigenvalue weighted by molar-refractivity contribution is 0.404. The van der Waals surface area contributed by atoms with Gasteiger partial charge < -0.3 is 10.3 Å². The van der Waals surface area contributed by atoms with Gasteiger partial charge in [-0.15, -0.1) is 0 Å². The Balaban J connectivity index is 2.08. The first-order valence-electron chi connectivity index (χ1n) is 6.05. The molecular weight excluding hydrogens is 212 g/mol. The van der Waals surface area contributed by atoms with E-state index in [-0.39, 0.29) is 0 Å². The number of aromatic nitrogens is 1. The van der Waals surface area contributed by atoms with Crippen LogP contribution in [-0.2, 0) is 6.42 Å². The van der Waals surface area contributed by atoms with E-state index in [0.29, 0.717) is 11.6 Å². The number of benzene rings is 1. The largest absolute Gasteiger partial charge is 0.395 e. The molecule has 1 aromatic carbocycles. The lowest BCUT2D eigenvalue weighted by Gasteiger charge is -2.24. The van der Waals surface area contributed by atoms with Crippen LogP contribution in [-0.4, -0.2) is 5.16 Å². The van der Waals surface area contributed by atoms with Crippen molar-refractivity contribution >= 4 is 5.69 Å². The maximum Gasteiger partial charge on any atom is 0.147 e. The molecule has 3 nitrogen and oxygen atoms in total. The Kier molecular flexibility index (Phi) is 2.39. The molecule has 1 heterocycles. The molecule has 1 aliphatic rings. The van der Waals surface area contributed by atoms with E-state index in [1.54, 1.807) is 0 Å². The van der Waals surface area contributed by atoms with Crippen molar-refractivity contribution in [3.8, 4) is 0 Å². The molecule has 1 unspecified atom stereocenters. The van der Waals surface area contributed by atoms with Gasteiger partial charge in [0.25, 0.3) is 0 Å². The van der Waals surface area contributed by atoms with E-state index in [2.05, 4.69) is 30.3 Å². The van der Waals surface area contributed by atoms with E-state index in [1.807, 2.05) is 0 Å². The van der Waals surface area contributed by atoms with Crippen LogP contribution < -0.4 is 5.73 Å². The second kappa shape index (κ2) is 3.91. The molecule has 0 radical (unpaired) electrons. The van der Waals surface area contributed by atoms with Gasteiger partial charge in [-0.05, 0) is 37.3 Å². The molecule has 2 N–H and O–H groups in total. The molecule has 0 amide bonds. The molecule has 0 saturated heterocycles. The Morgan fingerprint density at radius 3 is 3.06 bits per heavy atom. The first-order valence-corrected chi connectivity index (χ1v) is 6.05. The quantitative estimate of drug-likeness (QED) is 0.816. The zero-order valence-electron chi connectivity index (χ0n) is 9.94. The molecule has 0 spiro atoms. The van der Waals surface area contributed by atoms with E-state index in [0.717, 1.165) is 18.5 Å². The number of hydrogen-bond donors (Lipinski definition) is 1. The first kappa shape index (κ1) is 10.4. The molecule has 1 aromatic heterocycles. The smallest absolute Gasteiger partial charge is 0.147 e. The van der Waals surface area contributed by atoms with Gasteiger partial charge in [0.15, 0.2) is 0 Å². The summed E-state index contributed by atoms with van der Waals surface area (Å²) in [5.74, 6) is 0.304. The summed E-state index contributed by atoms with van der Waals surface area (Å²) in [5, 5.41) is 4.06. The molecule has 1 aliphatic carbocycles. The summed E-state index contributed by atoms with van der Waals surface area (Å²) in [4.78, 5) is 0. The highest BCUT2D eigenvalue weighted by molar-refractivity contribution is 5.48. The van der Waals surface area contributed by atoms with Crippen molar-refractivity contribution in [3.05, 3.63) is 46.8 Å². The minimum Gasteiger partial charge on any atom is -0.395 e. The Bertz CT molecular complexity index is 545. The van der Waals surface area contributed by atoms with Crippen LogP contribution in [0, 0.1) is 6.92 Å². The number of fused-ring (bicyclic) bond motifs is 1. The number of anilines is 1. The van der Waals surface area contributed by atoms with E-state index < -0.39 is 0 Å². The third-order valence-electron chi connectivity index (χ3n) is 3.57. The van der Waals surface area contributed by atoms with Gasteiger partial charge in [-0.3, -0.25) is 0 Å². The molecule has 0 fully saturated rings. The minimum atomic E-state index is 0.304. The maximum absolute atomic E-state index is 5.90. The van der Waals surface area contributed by atoms with Crippen LogP contribution in [0.3, 0.4) is 0 Å². The van der Waals surface area contributed by atoms with E-state index in [9.17, 15) is 0 Å². The van der Waals surface area contributed by atoms with Crippen LogP contribution in [0.5, 0.6) is 0 Å². The monoisotopic (exact) mass is 228 g/mol. The fraction of sp³-hybridized carbons (Fsp3) is 0.357. The second-order valence-corrected chi connectivity index (χ2v) is 4.80. The van der Waals surface area contributed by atoms with E-state index >= 15 is 0 Å². The number of nitrogen functional groups attached to an aromatic ring is 1. The summed E-state index contributed by atoms with van der Waals surface area (Å²) in [6.07, 6.45) is 4.98. The molecule has 3 heteroatoms. The number of nitrogens with zero attached hydrogens (tertiary/aromatic N) is 1. The predicted octanol–water partition coefficient (Wildman–Crippen LogP) is 3.03. The van der Waals surface area contributed by atoms with Crippen molar-refractivity contribution in [2.24, 2.45) is 0 Å². The van der Waals surface area contributed by atoms with E-state index in [1.165, 1.54) is 29.4 Å². The van der Waals surface area contributed by atoms with Crippen LogP contribution in [0.15, 0.2) is 29.0 Å². The van der Waals surface area contributed by atoms with Crippen molar-refractivity contribution < 1.29 is 4.52 Å². The van der Waals surface area contributed by atoms with Gasteiger partial charge in [-0.25, -0.2) is 0 Å². The fourth-order valence-corrected chi connectivity index (χ4v) is 2.74. The van der Waals surface area contributed by atoms with Crippen LogP contribution in [0.2, 0.25) is 0 Å². The Morgan fingerprint density at radius 1 is 1.41 bits per heavy atom. The van der Waals surface area contributed by atoms with Crippen molar-refractivity contribution in [3.63, 3.8) is 0 Å². The van der Waals surface area contributed by atoms with Crippen molar-refractivity contribution in [2.45, 2.75) is 32.1 Å². The standard InChI is InChI=1S/C14H16N2O/c1-9-5-6-11-10(7-9)3-2-4-12(11)14-13(15)8-17-16-14/h5-8,12H,2-4,15H2,1H3. The molecule has 1 atom stereocenters. The zero-order chi connectivity index (χ0) is 11.8. The predicted molar refractivity (Wildman–Crippen MR) is 66.9 cm³/mol. The summed E-state index contributed by atoms with van der Waals surface area (Å²) in [6.45, 7) is 2.13. The maximum atomic E-state index is 5.90. The molecule has 0 aliphatic heterocycles. The number of rotatable bonds is 1. The van der Waals surface area contributed by atoms with Gasteiger partial charge in [0.1, 0.15) is 12.0 Å². The average molecular weight is 228 g/mol. The van der Waals surface area contributed by atoms with Crippen LogP contribution in [0.1, 0.15) is 41.1 Å². The van der Waals surface area contributed by atoms with Gasteiger partial charge in [0, 0.05) is 5.92 Å². The Morgan fingerprint density at radius 2 is 2.29 bits per heavy atom. The SMILES string of the molecule is Cc1ccc2c(c1)CCCC2c1nocc1N. The van der Waals surface area contributed by atoms with E-state index in [4.69, 9.17) is 10.3 Å². The molecular formula is C14H16N2O. The van der Waals surface area contributed by atoms with Crippen LogP contribution in [0.25, 0.3) is 0 Å². The summed E-state index contributed by atoms with van der Waals surface area (Å²) in [6, 6.07) is 6.65. The second-order valence-electron chi connectivity index (χ2n) is 4.80. The topological polar surface area (TPSA) is 52.0 Å². The summed E-state index contributed by atoms with van der Waals surface area (Å²) in [7, 11) is 0. The highest BCUT2D eigenvalue weighted by Crippen LogP contribution is 2.38. The van der Waals surface area contributed by atoms with Crippen molar-refractivity contribution in [1.29, 1.82) is 0 Å². The fourth-order valence-electron chi connectivity index (χ4n) is 2.74. The average Bonchev–Trinajstić information content (AvgIpc) is 2.74.